The second-order valence-corrected chi connectivity index (χ2v) is 4.39. The highest BCUT2D eigenvalue weighted by atomic mass is 15.1. The van der Waals surface area contributed by atoms with Gasteiger partial charge < -0.3 is 5.32 Å². The van der Waals surface area contributed by atoms with Crippen LogP contribution in [0, 0.1) is 5.41 Å². The summed E-state index contributed by atoms with van der Waals surface area (Å²) in [5, 5.41) is 3.72. The predicted molar refractivity (Wildman–Crippen MR) is 40.9 cm³/mol. The van der Waals surface area contributed by atoms with Crippen molar-refractivity contribution < 1.29 is 0 Å². The first-order valence-electron chi connectivity index (χ1n) is 4.62. The molecule has 56 valence electrons. The van der Waals surface area contributed by atoms with Gasteiger partial charge in [-0.05, 0) is 50.5 Å². The lowest BCUT2D eigenvalue weighted by Gasteiger charge is -2.33. The summed E-state index contributed by atoms with van der Waals surface area (Å²) >= 11 is 0. The van der Waals surface area contributed by atoms with Crippen molar-refractivity contribution in [2.45, 2.75) is 44.1 Å². The van der Waals surface area contributed by atoms with E-state index in [2.05, 4.69) is 5.32 Å². The standard InChI is InChI=1S/C9H15N/c1-2-8(3-4-8)9(5-6-9)10-7-1/h10H,1-7H2. The molecule has 1 N–H and O–H groups in total. The molecule has 0 amide bonds. The summed E-state index contributed by atoms with van der Waals surface area (Å²) in [6.07, 6.45) is 8.97. The van der Waals surface area contributed by atoms with Crippen LogP contribution in [0.2, 0.25) is 0 Å². The number of hydrogen-bond acceptors (Lipinski definition) is 1. The van der Waals surface area contributed by atoms with E-state index in [4.69, 9.17) is 0 Å². The quantitative estimate of drug-likeness (QED) is 0.535. The van der Waals surface area contributed by atoms with Crippen molar-refractivity contribution in [2.24, 2.45) is 5.41 Å². The topological polar surface area (TPSA) is 12.0 Å². The molecule has 1 nitrogen and oxygen atoms in total. The highest BCUT2D eigenvalue weighted by molar-refractivity contribution is 5.21. The molecular weight excluding hydrogens is 122 g/mol. The number of rotatable bonds is 0. The molecule has 3 rings (SSSR count). The number of piperidine rings is 1. The predicted octanol–water partition coefficient (Wildman–Crippen LogP) is 1.68. The van der Waals surface area contributed by atoms with Crippen LogP contribution in [0.4, 0.5) is 0 Å². The molecule has 1 heterocycles. The fourth-order valence-electron chi connectivity index (χ4n) is 2.89. The van der Waals surface area contributed by atoms with Crippen molar-refractivity contribution in [2.75, 3.05) is 6.54 Å². The minimum Gasteiger partial charge on any atom is -0.311 e. The summed E-state index contributed by atoms with van der Waals surface area (Å²) in [4.78, 5) is 0. The average molecular weight is 137 g/mol. The van der Waals surface area contributed by atoms with Gasteiger partial charge in [0.05, 0.1) is 0 Å². The number of hydrogen-bond donors (Lipinski definition) is 1. The van der Waals surface area contributed by atoms with E-state index in [1.807, 2.05) is 0 Å². The molecule has 0 bridgehead atoms. The van der Waals surface area contributed by atoms with E-state index < -0.39 is 0 Å². The second kappa shape index (κ2) is 1.42. The molecule has 3 fully saturated rings. The molecule has 2 saturated carbocycles. The van der Waals surface area contributed by atoms with Crippen LogP contribution >= 0.6 is 0 Å². The van der Waals surface area contributed by atoms with Gasteiger partial charge in [0.15, 0.2) is 0 Å². The molecule has 1 aliphatic heterocycles. The Morgan fingerprint density at radius 3 is 2.20 bits per heavy atom. The minimum absolute atomic E-state index is 0.686. The fraction of sp³-hybridized carbons (Fsp3) is 1.00. The van der Waals surface area contributed by atoms with E-state index in [1.165, 1.54) is 45.1 Å². The summed E-state index contributed by atoms with van der Waals surface area (Å²) in [7, 11) is 0. The van der Waals surface area contributed by atoms with Gasteiger partial charge in [-0.2, -0.15) is 0 Å². The maximum atomic E-state index is 3.72. The van der Waals surface area contributed by atoms with Crippen LogP contribution in [0.25, 0.3) is 0 Å². The van der Waals surface area contributed by atoms with Crippen LogP contribution in [0.5, 0.6) is 0 Å². The van der Waals surface area contributed by atoms with E-state index in [-0.39, 0.29) is 0 Å². The lowest BCUT2D eigenvalue weighted by molar-refractivity contribution is 0.237. The van der Waals surface area contributed by atoms with Gasteiger partial charge in [0.25, 0.3) is 0 Å². The van der Waals surface area contributed by atoms with Crippen LogP contribution < -0.4 is 5.32 Å². The molecule has 0 aromatic carbocycles. The van der Waals surface area contributed by atoms with E-state index in [0.29, 0.717) is 5.54 Å². The van der Waals surface area contributed by atoms with Crippen LogP contribution in [0.1, 0.15) is 38.5 Å². The second-order valence-electron chi connectivity index (χ2n) is 4.39. The van der Waals surface area contributed by atoms with E-state index >= 15 is 0 Å². The molecule has 10 heavy (non-hydrogen) atoms. The molecule has 3 aliphatic rings. The van der Waals surface area contributed by atoms with Gasteiger partial charge in [0, 0.05) is 5.54 Å². The largest absolute Gasteiger partial charge is 0.311 e. The van der Waals surface area contributed by atoms with Crippen molar-refractivity contribution in [1.29, 1.82) is 0 Å². The van der Waals surface area contributed by atoms with Crippen LogP contribution in [0.15, 0.2) is 0 Å². The maximum absolute atomic E-state index is 3.72. The Morgan fingerprint density at radius 2 is 1.70 bits per heavy atom. The zero-order chi connectivity index (χ0) is 6.66. The third-order valence-electron chi connectivity index (χ3n) is 3.91. The lowest BCUT2D eigenvalue weighted by atomic mass is 9.85. The molecule has 2 aliphatic carbocycles. The monoisotopic (exact) mass is 137 g/mol. The van der Waals surface area contributed by atoms with Crippen LogP contribution in [-0.2, 0) is 0 Å². The first kappa shape index (κ1) is 5.59. The molecular formula is C9H15N. The maximum Gasteiger partial charge on any atom is 0.0239 e. The Morgan fingerprint density at radius 1 is 0.900 bits per heavy atom. The van der Waals surface area contributed by atoms with Crippen molar-refractivity contribution >= 4 is 0 Å². The first-order chi connectivity index (χ1) is 4.87. The lowest BCUT2D eigenvalue weighted by Crippen LogP contribution is -2.44. The Balaban J connectivity index is 1.91. The van der Waals surface area contributed by atoms with Crippen molar-refractivity contribution in [3.8, 4) is 0 Å². The molecule has 0 unspecified atom stereocenters. The SMILES string of the molecule is C1CNC2(CC2)C2(C1)CC2. The zero-order valence-electron chi connectivity index (χ0n) is 6.45. The van der Waals surface area contributed by atoms with Gasteiger partial charge >= 0.3 is 0 Å². The van der Waals surface area contributed by atoms with Gasteiger partial charge in [-0.3, -0.25) is 0 Å². The highest BCUT2D eigenvalue weighted by Crippen LogP contribution is 2.67. The van der Waals surface area contributed by atoms with Crippen molar-refractivity contribution in [3.63, 3.8) is 0 Å². The normalized spacial score (nSPS) is 38.4. The molecule has 1 saturated heterocycles. The van der Waals surface area contributed by atoms with E-state index in [0.717, 1.165) is 5.41 Å². The van der Waals surface area contributed by atoms with Gasteiger partial charge in [0.1, 0.15) is 0 Å². The minimum atomic E-state index is 0.686. The average Bonchev–Trinajstić information content (AvgIpc) is 2.72. The van der Waals surface area contributed by atoms with E-state index in [1.54, 1.807) is 0 Å². The molecule has 1 heteroatoms. The fourth-order valence-corrected chi connectivity index (χ4v) is 2.89. The van der Waals surface area contributed by atoms with Crippen LogP contribution in [0.3, 0.4) is 0 Å². The first-order valence-corrected chi connectivity index (χ1v) is 4.62. The summed E-state index contributed by atoms with van der Waals surface area (Å²) in [6.45, 7) is 1.29. The summed E-state index contributed by atoms with van der Waals surface area (Å²) in [5.41, 5.74) is 1.51. The summed E-state index contributed by atoms with van der Waals surface area (Å²) < 4.78 is 0. The Hall–Kier alpha value is -0.0400. The summed E-state index contributed by atoms with van der Waals surface area (Å²) in [6, 6.07) is 0. The summed E-state index contributed by atoms with van der Waals surface area (Å²) in [5.74, 6) is 0. The van der Waals surface area contributed by atoms with Gasteiger partial charge in [0.2, 0.25) is 0 Å². The highest BCUT2D eigenvalue weighted by Gasteiger charge is 2.65. The van der Waals surface area contributed by atoms with Gasteiger partial charge in [-0.15, -0.1) is 0 Å². The van der Waals surface area contributed by atoms with Crippen molar-refractivity contribution in [3.05, 3.63) is 0 Å². The third-order valence-corrected chi connectivity index (χ3v) is 3.91. The van der Waals surface area contributed by atoms with E-state index in [9.17, 15) is 0 Å². The van der Waals surface area contributed by atoms with Gasteiger partial charge in [-0.1, -0.05) is 0 Å². The molecule has 0 aromatic heterocycles. The van der Waals surface area contributed by atoms with Crippen LogP contribution in [-0.4, -0.2) is 12.1 Å². The Bertz CT molecular complexity index is 146. The number of fused-ring (bicyclic) bond motifs is 1. The number of nitrogens with one attached hydrogen (secondary N) is 1. The van der Waals surface area contributed by atoms with Gasteiger partial charge in [-0.25, -0.2) is 0 Å². The molecule has 2 spiro atoms. The Kier molecular flexibility index (Phi) is 0.797. The third kappa shape index (κ3) is 0.493. The molecule has 0 atom stereocenters. The molecule has 0 aromatic rings. The Labute approximate surface area is 62.2 Å². The smallest absolute Gasteiger partial charge is 0.0239 e. The molecule has 0 radical (unpaired) electrons. The zero-order valence-corrected chi connectivity index (χ0v) is 6.45. The van der Waals surface area contributed by atoms with Crippen molar-refractivity contribution in [1.82, 2.24) is 5.32 Å².